The van der Waals surface area contributed by atoms with E-state index >= 15 is 0 Å². The van der Waals surface area contributed by atoms with E-state index in [1.807, 2.05) is 13.8 Å². The van der Waals surface area contributed by atoms with Gasteiger partial charge in [-0.25, -0.2) is 0 Å². The Labute approximate surface area is 101 Å². The van der Waals surface area contributed by atoms with Gasteiger partial charge in [-0.1, -0.05) is 0 Å². The van der Waals surface area contributed by atoms with E-state index in [1.54, 1.807) is 30.1 Å². The number of nitrogens with two attached hydrogens (primary N) is 1. The number of benzene rings is 1. The Balaban J connectivity index is 2.91. The first-order valence-electron chi connectivity index (χ1n) is 5.39. The second-order valence-corrected chi connectivity index (χ2v) is 4.14. The number of carboxylic acids is 1. The fourth-order valence-corrected chi connectivity index (χ4v) is 1.41. The fourth-order valence-electron chi connectivity index (χ4n) is 1.41. The second kappa shape index (κ2) is 5.43. The third-order valence-corrected chi connectivity index (χ3v) is 2.17. The topological polar surface area (TPSA) is 75.8 Å². The summed E-state index contributed by atoms with van der Waals surface area (Å²) in [5.74, 6) is -0.301. The Hall–Kier alpha value is -1.91. The molecule has 0 spiro atoms. The van der Waals surface area contributed by atoms with Gasteiger partial charge in [0.15, 0.2) is 0 Å². The Morgan fingerprint density at radius 1 is 1.53 bits per heavy atom. The molecule has 0 aromatic heterocycles. The van der Waals surface area contributed by atoms with Crippen LogP contribution in [0.25, 0.3) is 0 Å². The number of ether oxygens (including phenoxy) is 1. The summed E-state index contributed by atoms with van der Waals surface area (Å²) in [6, 6.07) is 5.23. The van der Waals surface area contributed by atoms with Gasteiger partial charge in [-0.3, -0.25) is 4.79 Å². The van der Waals surface area contributed by atoms with Crippen LogP contribution in [-0.4, -0.2) is 30.8 Å². The summed E-state index contributed by atoms with van der Waals surface area (Å²) in [4.78, 5) is 12.2. The molecule has 0 atom stereocenters. The highest BCUT2D eigenvalue weighted by Crippen LogP contribution is 2.28. The van der Waals surface area contributed by atoms with Crippen molar-refractivity contribution in [1.29, 1.82) is 0 Å². The van der Waals surface area contributed by atoms with Crippen molar-refractivity contribution < 1.29 is 14.6 Å². The average Bonchev–Trinajstić information content (AvgIpc) is 2.19. The van der Waals surface area contributed by atoms with E-state index in [2.05, 4.69) is 0 Å². The van der Waals surface area contributed by atoms with Crippen LogP contribution >= 0.6 is 0 Å². The van der Waals surface area contributed by atoms with Crippen molar-refractivity contribution in [3.05, 3.63) is 18.2 Å². The number of aliphatic carboxylic acids is 1. The summed E-state index contributed by atoms with van der Waals surface area (Å²) in [7, 11) is 1.71. The lowest BCUT2D eigenvalue weighted by Gasteiger charge is -2.19. The van der Waals surface area contributed by atoms with E-state index in [9.17, 15) is 4.79 Å². The van der Waals surface area contributed by atoms with Crippen molar-refractivity contribution >= 4 is 17.3 Å². The molecule has 0 saturated heterocycles. The second-order valence-electron chi connectivity index (χ2n) is 4.14. The van der Waals surface area contributed by atoms with Gasteiger partial charge in [-0.15, -0.1) is 0 Å². The number of hydrogen-bond acceptors (Lipinski definition) is 4. The van der Waals surface area contributed by atoms with Gasteiger partial charge < -0.3 is 20.5 Å². The number of likely N-dealkylation sites (N-methyl/N-ethyl adjacent to an activating group) is 1. The Bertz CT molecular complexity index is 405. The normalized spacial score (nSPS) is 10.4. The predicted molar refractivity (Wildman–Crippen MR) is 67.5 cm³/mol. The number of rotatable bonds is 5. The van der Waals surface area contributed by atoms with Gasteiger partial charge in [-0.05, 0) is 26.0 Å². The molecule has 0 amide bonds. The minimum Gasteiger partial charge on any atom is -0.489 e. The molecular formula is C12H18N2O3. The summed E-state index contributed by atoms with van der Waals surface area (Å²) >= 11 is 0. The number of anilines is 2. The van der Waals surface area contributed by atoms with E-state index in [-0.39, 0.29) is 12.6 Å². The van der Waals surface area contributed by atoms with E-state index in [4.69, 9.17) is 15.6 Å². The summed E-state index contributed by atoms with van der Waals surface area (Å²) in [6.45, 7) is 3.76. The zero-order valence-corrected chi connectivity index (χ0v) is 10.3. The van der Waals surface area contributed by atoms with Gasteiger partial charge in [0.05, 0.1) is 11.8 Å². The third-order valence-electron chi connectivity index (χ3n) is 2.17. The lowest BCUT2D eigenvalue weighted by Crippen LogP contribution is -2.25. The number of nitrogen functional groups attached to an aromatic ring is 1. The molecule has 1 aromatic carbocycles. The maximum Gasteiger partial charge on any atom is 0.323 e. The zero-order chi connectivity index (χ0) is 13.0. The fraction of sp³-hybridized carbons (Fsp3) is 0.417. The minimum atomic E-state index is -0.879. The van der Waals surface area contributed by atoms with E-state index in [0.717, 1.165) is 5.69 Å². The van der Waals surface area contributed by atoms with E-state index < -0.39 is 5.97 Å². The molecule has 17 heavy (non-hydrogen) atoms. The van der Waals surface area contributed by atoms with Crippen LogP contribution in [0.5, 0.6) is 5.75 Å². The molecular weight excluding hydrogens is 220 g/mol. The highest BCUT2D eigenvalue weighted by atomic mass is 16.5. The molecule has 0 heterocycles. The highest BCUT2D eigenvalue weighted by molar-refractivity contribution is 5.74. The maximum atomic E-state index is 10.6. The number of hydrogen-bond donors (Lipinski definition) is 2. The molecule has 1 rings (SSSR count). The van der Waals surface area contributed by atoms with Crippen LogP contribution in [0.1, 0.15) is 13.8 Å². The molecule has 3 N–H and O–H groups in total. The van der Waals surface area contributed by atoms with Crippen LogP contribution in [-0.2, 0) is 4.79 Å². The van der Waals surface area contributed by atoms with Crippen LogP contribution in [0, 0.1) is 0 Å². The maximum absolute atomic E-state index is 10.6. The molecule has 0 unspecified atom stereocenters. The molecule has 5 nitrogen and oxygen atoms in total. The van der Waals surface area contributed by atoms with E-state index in [1.165, 1.54) is 0 Å². The Morgan fingerprint density at radius 2 is 2.18 bits per heavy atom. The van der Waals surface area contributed by atoms with Gasteiger partial charge in [0.1, 0.15) is 12.3 Å². The Morgan fingerprint density at radius 3 is 2.71 bits per heavy atom. The lowest BCUT2D eigenvalue weighted by atomic mass is 10.2. The van der Waals surface area contributed by atoms with Crippen LogP contribution < -0.4 is 15.4 Å². The quantitative estimate of drug-likeness (QED) is 0.762. The van der Waals surface area contributed by atoms with Crippen molar-refractivity contribution in [3.8, 4) is 5.75 Å². The van der Waals surface area contributed by atoms with Gasteiger partial charge >= 0.3 is 5.97 Å². The first-order chi connectivity index (χ1) is 7.90. The molecule has 0 saturated carbocycles. The van der Waals surface area contributed by atoms with Crippen LogP contribution in [0.3, 0.4) is 0 Å². The molecule has 0 aliphatic heterocycles. The SMILES string of the molecule is CC(C)Oc1cc(N(C)CC(=O)O)ccc1N. The van der Waals surface area contributed by atoms with Crippen molar-refractivity contribution in [1.82, 2.24) is 0 Å². The van der Waals surface area contributed by atoms with Gasteiger partial charge in [0.25, 0.3) is 0 Å². The molecule has 0 aliphatic rings. The van der Waals surface area contributed by atoms with Gasteiger partial charge in [0.2, 0.25) is 0 Å². The standard InChI is InChI=1S/C12H18N2O3/c1-8(2)17-11-6-9(4-5-10(11)13)14(3)7-12(15)16/h4-6,8H,7,13H2,1-3H3,(H,15,16). The lowest BCUT2D eigenvalue weighted by molar-refractivity contribution is -0.135. The molecule has 0 radical (unpaired) electrons. The van der Waals surface area contributed by atoms with Crippen LogP contribution in [0.4, 0.5) is 11.4 Å². The number of nitrogens with zero attached hydrogens (tertiary/aromatic N) is 1. The smallest absolute Gasteiger partial charge is 0.323 e. The molecule has 94 valence electrons. The Kier molecular flexibility index (Phi) is 4.20. The number of carboxylic acid groups (broad SMARTS) is 1. The highest BCUT2D eigenvalue weighted by Gasteiger charge is 2.09. The monoisotopic (exact) mass is 238 g/mol. The van der Waals surface area contributed by atoms with Crippen molar-refractivity contribution in [2.75, 3.05) is 24.2 Å². The van der Waals surface area contributed by atoms with Crippen molar-refractivity contribution in [2.24, 2.45) is 0 Å². The van der Waals surface area contributed by atoms with Crippen LogP contribution in [0.2, 0.25) is 0 Å². The van der Waals surface area contributed by atoms with Gasteiger partial charge in [0, 0.05) is 18.8 Å². The molecule has 0 fully saturated rings. The summed E-state index contributed by atoms with van der Waals surface area (Å²) in [6.07, 6.45) is 0.0253. The van der Waals surface area contributed by atoms with Crippen molar-refractivity contribution in [3.63, 3.8) is 0 Å². The first kappa shape index (κ1) is 13.2. The molecule has 5 heteroatoms. The summed E-state index contributed by atoms with van der Waals surface area (Å²) in [5, 5.41) is 8.72. The summed E-state index contributed by atoms with van der Waals surface area (Å²) in [5.41, 5.74) is 7.09. The minimum absolute atomic E-state index is 0.0253. The molecule has 1 aromatic rings. The number of carbonyl (C=O) groups is 1. The van der Waals surface area contributed by atoms with E-state index in [0.29, 0.717) is 11.4 Å². The molecule has 0 aliphatic carbocycles. The largest absolute Gasteiger partial charge is 0.489 e. The van der Waals surface area contributed by atoms with Crippen LogP contribution in [0.15, 0.2) is 18.2 Å². The summed E-state index contributed by atoms with van der Waals surface area (Å²) < 4.78 is 5.54. The third kappa shape index (κ3) is 3.86. The first-order valence-corrected chi connectivity index (χ1v) is 5.39. The average molecular weight is 238 g/mol. The zero-order valence-electron chi connectivity index (χ0n) is 10.3. The predicted octanol–water partition coefficient (Wildman–Crippen LogP) is 1.58. The van der Waals surface area contributed by atoms with Crippen molar-refractivity contribution in [2.45, 2.75) is 20.0 Å². The molecule has 0 bridgehead atoms. The van der Waals surface area contributed by atoms with Gasteiger partial charge in [-0.2, -0.15) is 0 Å².